The molecule has 1 aliphatic heterocycles. The van der Waals surface area contributed by atoms with E-state index >= 15 is 0 Å². The molecular formula is C17H22N2O. The lowest BCUT2D eigenvalue weighted by Gasteiger charge is -2.22. The molecule has 0 fully saturated rings. The van der Waals surface area contributed by atoms with Crippen LogP contribution in [0.1, 0.15) is 50.2 Å². The zero-order chi connectivity index (χ0) is 14.2. The molecule has 20 heavy (non-hydrogen) atoms. The van der Waals surface area contributed by atoms with Gasteiger partial charge in [0.2, 0.25) is 5.90 Å². The number of nitrogens with zero attached hydrogens (tertiary/aromatic N) is 2. The maximum absolute atomic E-state index is 8.78. The minimum atomic E-state index is 0.564. The number of ether oxygens (including phenoxy) is 1. The molecule has 106 valence electrons. The fourth-order valence-electron chi connectivity index (χ4n) is 2.40. The Bertz CT molecular complexity index is 485. The van der Waals surface area contributed by atoms with Crippen molar-refractivity contribution >= 4 is 5.90 Å². The van der Waals surface area contributed by atoms with Crippen molar-refractivity contribution < 1.29 is 4.74 Å². The van der Waals surface area contributed by atoms with E-state index in [-0.39, 0.29) is 0 Å². The molecule has 0 spiro atoms. The van der Waals surface area contributed by atoms with Gasteiger partial charge in [-0.2, -0.15) is 5.26 Å². The lowest BCUT2D eigenvalue weighted by atomic mass is 10.0. The van der Waals surface area contributed by atoms with Crippen molar-refractivity contribution in [3.8, 4) is 6.07 Å². The maximum atomic E-state index is 8.78. The Morgan fingerprint density at radius 3 is 2.65 bits per heavy atom. The average molecular weight is 270 g/mol. The summed E-state index contributed by atoms with van der Waals surface area (Å²) in [5.74, 6) is 1.29. The van der Waals surface area contributed by atoms with Crippen LogP contribution in [0.25, 0.3) is 0 Å². The van der Waals surface area contributed by atoms with E-state index in [1.165, 1.54) is 32.1 Å². The molecule has 1 aromatic rings. The topological polar surface area (TPSA) is 45.4 Å². The molecular weight excluding hydrogens is 248 g/mol. The van der Waals surface area contributed by atoms with Gasteiger partial charge in [0.1, 0.15) is 0 Å². The highest BCUT2D eigenvalue weighted by molar-refractivity contribution is 5.94. The molecule has 0 amide bonds. The molecule has 1 aliphatic rings. The van der Waals surface area contributed by atoms with Gasteiger partial charge >= 0.3 is 0 Å². The predicted molar refractivity (Wildman–Crippen MR) is 80.8 cm³/mol. The third kappa shape index (κ3) is 4.09. The zero-order valence-electron chi connectivity index (χ0n) is 12.1. The number of aliphatic imine (C=N–C) groups is 1. The van der Waals surface area contributed by atoms with E-state index in [9.17, 15) is 0 Å². The Hall–Kier alpha value is -1.82. The lowest BCUT2D eigenvalue weighted by Crippen LogP contribution is -2.23. The van der Waals surface area contributed by atoms with Crippen molar-refractivity contribution in [1.82, 2.24) is 0 Å². The fourth-order valence-corrected chi connectivity index (χ4v) is 2.40. The van der Waals surface area contributed by atoms with Crippen LogP contribution in [0.2, 0.25) is 0 Å². The van der Waals surface area contributed by atoms with Crippen molar-refractivity contribution in [2.75, 3.05) is 13.2 Å². The molecule has 3 nitrogen and oxygen atoms in total. The Morgan fingerprint density at radius 1 is 1.25 bits per heavy atom. The number of rotatable bonds is 6. The highest BCUT2D eigenvalue weighted by atomic mass is 16.5. The Balaban J connectivity index is 1.84. The third-order valence-corrected chi connectivity index (χ3v) is 3.68. The van der Waals surface area contributed by atoms with Crippen molar-refractivity contribution in [3.63, 3.8) is 0 Å². The monoisotopic (exact) mass is 270 g/mol. The summed E-state index contributed by atoms with van der Waals surface area (Å²) in [7, 11) is 0. The Kier molecular flexibility index (Phi) is 5.61. The minimum Gasteiger partial charge on any atom is -0.477 e. The first-order chi connectivity index (χ1) is 9.83. The van der Waals surface area contributed by atoms with Crippen LogP contribution in [0, 0.1) is 17.2 Å². The van der Waals surface area contributed by atoms with Gasteiger partial charge in [0, 0.05) is 18.0 Å². The van der Waals surface area contributed by atoms with E-state index in [0.29, 0.717) is 11.5 Å². The number of benzene rings is 1. The van der Waals surface area contributed by atoms with Crippen molar-refractivity contribution in [3.05, 3.63) is 35.4 Å². The molecule has 1 atom stereocenters. The van der Waals surface area contributed by atoms with Crippen LogP contribution >= 0.6 is 0 Å². The first kappa shape index (κ1) is 14.6. The summed E-state index contributed by atoms with van der Waals surface area (Å²) in [5, 5.41) is 8.78. The van der Waals surface area contributed by atoms with E-state index in [4.69, 9.17) is 10.00 Å². The summed E-state index contributed by atoms with van der Waals surface area (Å²) in [6.07, 6.45) is 6.42. The number of nitriles is 1. The Morgan fingerprint density at radius 2 is 2.05 bits per heavy atom. The van der Waals surface area contributed by atoms with Gasteiger partial charge in [-0.1, -0.05) is 32.6 Å². The lowest BCUT2D eigenvalue weighted by molar-refractivity contribution is 0.211. The number of hydrogen-bond donors (Lipinski definition) is 0. The largest absolute Gasteiger partial charge is 0.477 e. The minimum absolute atomic E-state index is 0.564. The summed E-state index contributed by atoms with van der Waals surface area (Å²) in [4.78, 5) is 4.55. The second kappa shape index (κ2) is 7.69. The van der Waals surface area contributed by atoms with Gasteiger partial charge < -0.3 is 4.74 Å². The zero-order valence-corrected chi connectivity index (χ0v) is 12.1. The van der Waals surface area contributed by atoms with Crippen LogP contribution in [-0.2, 0) is 4.74 Å². The highest BCUT2D eigenvalue weighted by Crippen LogP contribution is 2.18. The molecule has 1 unspecified atom stereocenters. The maximum Gasteiger partial charge on any atom is 0.216 e. The summed E-state index contributed by atoms with van der Waals surface area (Å²) in [6, 6.07) is 9.53. The summed E-state index contributed by atoms with van der Waals surface area (Å²) in [5.41, 5.74) is 1.63. The molecule has 0 saturated carbocycles. The third-order valence-electron chi connectivity index (χ3n) is 3.68. The number of unbranched alkanes of at least 4 members (excludes halogenated alkanes) is 3. The second-order valence-electron chi connectivity index (χ2n) is 5.36. The van der Waals surface area contributed by atoms with Gasteiger partial charge in [-0.3, -0.25) is 4.99 Å². The SMILES string of the molecule is CCCCCCC1CN=C(c2ccc(C#N)cc2)OC1. The molecule has 0 saturated heterocycles. The van der Waals surface area contributed by atoms with Crippen LogP contribution in [0.5, 0.6) is 0 Å². The molecule has 0 aromatic heterocycles. The molecule has 0 bridgehead atoms. The predicted octanol–water partition coefficient (Wildman–Crippen LogP) is 3.92. The van der Waals surface area contributed by atoms with Gasteiger partial charge in [-0.15, -0.1) is 0 Å². The van der Waals surface area contributed by atoms with E-state index in [2.05, 4.69) is 18.0 Å². The average Bonchev–Trinajstić information content (AvgIpc) is 2.52. The second-order valence-corrected chi connectivity index (χ2v) is 5.36. The fraction of sp³-hybridized carbons (Fsp3) is 0.529. The van der Waals surface area contributed by atoms with Crippen LogP contribution in [0.3, 0.4) is 0 Å². The molecule has 0 radical (unpaired) electrons. The molecule has 0 N–H and O–H groups in total. The molecule has 0 aliphatic carbocycles. The van der Waals surface area contributed by atoms with Gasteiger partial charge in [-0.05, 0) is 30.7 Å². The van der Waals surface area contributed by atoms with Crippen LogP contribution in [0.4, 0.5) is 0 Å². The van der Waals surface area contributed by atoms with E-state index in [1.807, 2.05) is 12.1 Å². The van der Waals surface area contributed by atoms with Gasteiger partial charge in [0.15, 0.2) is 0 Å². The van der Waals surface area contributed by atoms with E-state index in [1.54, 1.807) is 12.1 Å². The quantitative estimate of drug-likeness (QED) is 0.735. The molecule has 1 heterocycles. The smallest absolute Gasteiger partial charge is 0.216 e. The van der Waals surface area contributed by atoms with Crippen LogP contribution in [0.15, 0.2) is 29.3 Å². The first-order valence-corrected chi connectivity index (χ1v) is 7.51. The van der Waals surface area contributed by atoms with Crippen molar-refractivity contribution in [2.24, 2.45) is 10.9 Å². The number of hydrogen-bond acceptors (Lipinski definition) is 3. The molecule has 2 rings (SSSR count). The summed E-state index contributed by atoms with van der Waals surface area (Å²) < 4.78 is 5.77. The summed E-state index contributed by atoms with van der Waals surface area (Å²) in [6.45, 7) is 3.87. The van der Waals surface area contributed by atoms with Gasteiger partial charge in [0.25, 0.3) is 0 Å². The Labute approximate surface area is 121 Å². The first-order valence-electron chi connectivity index (χ1n) is 7.51. The normalized spacial score (nSPS) is 18.0. The van der Waals surface area contributed by atoms with Crippen LogP contribution in [-0.4, -0.2) is 19.0 Å². The molecule has 3 heteroatoms. The van der Waals surface area contributed by atoms with Crippen molar-refractivity contribution in [1.29, 1.82) is 5.26 Å². The van der Waals surface area contributed by atoms with E-state index in [0.717, 1.165) is 24.6 Å². The van der Waals surface area contributed by atoms with Crippen molar-refractivity contribution in [2.45, 2.75) is 39.0 Å². The molecule has 1 aromatic carbocycles. The highest BCUT2D eigenvalue weighted by Gasteiger charge is 2.17. The summed E-state index contributed by atoms with van der Waals surface area (Å²) >= 11 is 0. The van der Waals surface area contributed by atoms with Gasteiger partial charge in [0.05, 0.1) is 18.2 Å². The van der Waals surface area contributed by atoms with E-state index < -0.39 is 0 Å². The van der Waals surface area contributed by atoms with Crippen LogP contribution < -0.4 is 0 Å². The standard InChI is InChI=1S/C17H22N2O/c1-2-3-4-5-6-15-12-19-17(20-13-15)16-9-7-14(11-18)8-10-16/h7-10,15H,2-6,12-13H2,1H3. The van der Waals surface area contributed by atoms with Gasteiger partial charge in [-0.25, -0.2) is 0 Å².